The van der Waals surface area contributed by atoms with Gasteiger partial charge in [0.15, 0.2) is 0 Å². The zero-order chi connectivity index (χ0) is 15.0. The second-order valence-electron chi connectivity index (χ2n) is 4.88. The van der Waals surface area contributed by atoms with E-state index in [1.165, 1.54) is 0 Å². The lowest BCUT2D eigenvalue weighted by Gasteiger charge is -2.20. The average molecular weight is 299 g/mol. The van der Waals surface area contributed by atoms with E-state index in [0.717, 1.165) is 24.9 Å². The molecule has 0 unspecified atom stereocenters. The number of hydrogen-bond acceptors (Lipinski definition) is 3. The minimum Gasteiger partial charge on any atom is -0.395 e. The van der Waals surface area contributed by atoms with Gasteiger partial charge in [-0.1, -0.05) is 31.0 Å². The van der Waals surface area contributed by atoms with Crippen molar-refractivity contribution in [2.45, 2.75) is 26.7 Å². The first-order chi connectivity index (χ1) is 9.56. The molecule has 0 atom stereocenters. The Morgan fingerprint density at radius 3 is 2.75 bits per heavy atom. The highest BCUT2D eigenvalue weighted by Crippen LogP contribution is 2.22. The molecule has 0 saturated heterocycles. The molecule has 5 heteroatoms. The molecule has 1 aromatic rings. The van der Waals surface area contributed by atoms with E-state index in [1.807, 2.05) is 24.0 Å². The van der Waals surface area contributed by atoms with Gasteiger partial charge in [-0.25, -0.2) is 0 Å². The summed E-state index contributed by atoms with van der Waals surface area (Å²) in [5.74, 6) is -0.111. The third-order valence-electron chi connectivity index (χ3n) is 3.01. The Kier molecular flexibility index (Phi) is 7.59. The number of carbonyl (C=O) groups excluding carboxylic acids is 1. The predicted molar refractivity (Wildman–Crippen MR) is 83.3 cm³/mol. The average Bonchev–Trinajstić information content (AvgIpc) is 2.39. The summed E-state index contributed by atoms with van der Waals surface area (Å²) in [7, 11) is 0. The van der Waals surface area contributed by atoms with Crippen LogP contribution in [0.25, 0.3) is 0 Å². The number of nitrogens with one attached hydrogen (secondary N) is 1. The van der Waals surface area contributed by atoms with Crippen LogP contribution in [0.2, 0.25) is 5.02 Å². The summed E-state index contributed by atoms with van der Waals surface area (Å²) < 4.78 is 0. The Labute approximate surface area is 125 Å². The van der Waals surface area contributed by atoms with Crippen molar-refractivity contribution in [3.05, 3.63) is 28.8 Å². The van der Waals surface area contributed by atoms with Crippen molar-refractivity contribution in [1.29, 1.82) is 0 Å². The van der Waals surface area contributed by atoms with Crippen LogP contribution in [0.5, 0.6) is 0 Å². The fraction of sp³-hybridized carbons (Fsp3) is 0.533. The van der Waals surface area contributed by atoms with Crippen molar-refractivity contribution < 1.29 is 9.90 Å². The Balaban J connectivity index is 2.55. The number of halogens is 1. The van der Waals surface area contributed by atoms with Gasteiger partial charge in [0.05, 0.1) is 23.9 Å². The minimum absolute atomic E-state index is 0.0578. The van der Waals surface area contributed by atoms with Gasteiger partial charge in [0.1, 0.15) is 0 Å². The molecule has 0 saturated carbocycles. The minimum atomic E-state index is -0.111. The molecule has 20 heavy (non-hydrogen) atoms. The fourth-order valence-corrected chi connectivity index (χ4v) is 2.19. The summed E-state index contributed by atoms with van der Waals surface area (Å²) in [5, 5.41) is 12.4. The third kappa shape index (κ3) is 5.90. The molecule has 2 N–H and O–H groups in total. The number of carbonyl (C=O) groups is 1. The number of benzene rings is 1. The van der Waals surface area contributed by atoms with Gasteiger partial charge in [0.25, 0.3) is 0 Å². The van der Waals surface area contributed by atoms with Crippen LogP contribution in [0.3, 0.4) is 0 Å². The van der Waals surface area contributed by atoms with Gasteiger partial charge in [-0.2, -0.15) is 0 Å². The first-order valence-electron chi connectivity index (χ1n) is 6.96. The molecule has 0 fully saturated rings. The van der Waals surface area contributed by atoms with Crippen molar-refractivity contribution in [3.63, 3.8) is 0 Å². The molecule has 0 aliphatic rings. The largest absolute Gasteiger partial charge is 0.395 e. The number of unbranched alkanes of at least 4 members (excludes halogenated alkanes) is 1. The lowest BCUT2D eigenvalue weighted by atomic mass is 10.2. The summed E-state index contributed by atoms with van der Waals surface area (Å²) in [6.07, 6.45) is 2.08. The highest BCUT2D eigenvalue weighted by Gasteiger charge is 2.11. The highest BCUT2D eigenvalue weighted by molar-refractivity contribution is 6.33. The number of aliphatic hydroxyl groups excluding tert-OH is 1. The van der Waals surface area contributed by atoms with Gasteiger partial charge in [0.2, 0.25) is 5.91 Å². The van der Waals surface area contributed by atoms with E-state index in [9.17, 15) is 4.79 Å². The fourth-order valence-electron chi connectivity index (χ4n) is 1.91. The van der Waals surface area contributed by atoms with E-state index in [-0.39, 0.29) is 19.1 Å². The second kappa shape index (κ2) is 8.95. The van der Waals surface area contributed by atoms with E-state index in [1.54, 1.807) is 6.07 Å². The van der Waals surface area contributed by atoms with Crippen LogP contribution in [0.1, 0.15) is 25.3 Å². The molecule has 1 amide bonds. The summed E-state index contributed by atoms with van der Waals surface area (Å²) in [4.78, 5) is 14.0. The maximum Gasteiger partial charge on any atom is 0.238 e. The van der Waals surface area contributed by atoms with Crippen LogP contribution < -0.4 is 5.32 Å². The lowest BCUT2D eigenvalue weighted by molar-refractivity contribution is -0.117. The van der Waals surface area contributed by atoms with Crippen molar-refractivity contribution in [2.24, 2.45) is 0 Å². The summed E-state index contributed by atoms with van der Waals surface area (Å²) >= 11 is 6.09. The maximum absolute atomic E-state index is 12.0. The quantitative estimate of drug-likeness (QED) is 0.776. The molecule has 0 aliphatic heterocycles. The van der Waals surface area contributed by atoms with E-state index < -0.39 is 0 Å². The zero-order valence-corrected chi connectivity index (χ0v) is 12.9. The molecular formula is C15H23ClN2O2. The zero-order valence-electron chi connectivity index (χ0n) is 12.2. The van der Waals surface area contributed by atoms with Crippen molar-refractivity contribution in [2.75, 3.05) is 31.6 Å². The third-order valence-corrected chi connectivity index (χ3v) is 3.32. The molecule has 0 aromatic heterocycles. The second-order valence-corrected chi connectivity index (χ2v) is 5.29. The summed E-state index contributed by atoms with van der Waals surface area (Å²) in [6.45, 7) is 5.70. The standard InChI is InChI=1S/C15H23ClN2O2/c1-3-4-7-18(8-9-19)11-15(20)17-14-6-5-12(2)10-13(14)16/h5-6,10,19H,3-4,7-9,11H2,1-2H3,(H,17,20). The molecule has 1 rings (SSSR count). The molecule has 0 heterocycles. The summed E-state index contributed by atoms with van der Waals surface area (Å²) in [5.41, 5.74) is 1.68. The molecule has 0 radical (unpaired) electrons. The van der Waals surface area contributed by atoms with E-state index in [2.05, 4.69) is 12.2 Å². The van der Waals surface area contributed by atoms with Crippen LogP contribution in [0.15, 0.2) is 18.2 Å². The molecule has 1 aromatic carbocycles. The number of aryl methyl sites for hydroxylation is 1. The number of rotatable bonds is 8. The van der Waals surface area contributed by atoms with Gasteiger partial charge < -0.3 is 10.4 Å². The number of anilines is 1. The van der Waals surface area contributed by atoms with Gasteiger partial charge in [-0.05, 0) is 37.6 Å². The SMILES string of the molecule is CCCCN(CCO)CC(=O)Nc1ccc(C)cc1Cl. The van der Waals surface area contributed by atoms with Crippen molar-refractivity contribution >= 4 is 23.2 Å². The van der Waals surface area contributed by atoms with Crippen LogP contribution in [-0.4, -0.2) is 42.2 Å². The normalized spacial score (nSPS) is 10.8. The smallest absolute Gasteiger partial charge is 0.238 e. The molecule has 0 aliphatic carbocycles. The number of amides is 1. The Bertz CT molecular complexity index is 438. The number of hydrogen-bond donors (Lipinski definition) is 2. The summed E-state index contributed by atoms with van der Waals surface area (Å²) in [6, 6.07) is 5.53. The molecule has 0 bridgehead atoms. The Morgan fingerprint density at radius 1 is 1.40 bits per heavy atom. The van der Waals surface area contributed by atoms with Crippen molar-refractivity contribution in [3.8, 4) is 0 Å². The van der Waals surface area contributed by atoms with E-state index in [0.29, 0.717) is 17.3 Å². The first-order valence-corrected chi connectivity index (χ1v) is 7.33. The monoisotopic (exact) mass is 298 g/mol. The van der Waals surface area contributed by atoms with E-state index in [4.69, 9.17) is 16.7 Å². The lowest BCUT2D eigenvalue weighted by Crippen LogP contribution is -2.36. The molecule has 112 valence electrons. The molecular weight excluding hydrogens is 276 g/mol. The maximum atomic E-state index is 12.0. The van der Waals surface area contributed by atoms with Crippen molar-refractivity contribution in [1.82, 2.24) is 4.90 Å². The first kappa shape index (κ1) is 17.0. The van der Waals surface area contributed by atoms with Crippen LogP contribution >= 0.6 is 11.6 Å². The Hall–Kier alpha value is -1.10. The molecule has 4 nitrogen and oxygen atoms in total. The van der Waals surface area contributed by atoms with E-state index >= 15 is 0 Å². The van der Waals surface area contributed by atoms with Gasteiger partial charge in [-0.3, -0.25) is 9.69 Å². The highest BCUT2D eigenvalue weighted by atomic mass is 35.5. The van der Waals surface area contributed by atoms with Gasteiger partial charge >= 0.3 is 0 Å². The topological polar surface area (TPSA) is 52.6 Å². The van der Waals surface area contributed by atoms with Crippen LogP contribution in [0.4, 0.5) is 5.69 Å². The Morgan fingerprint density at radius 2 is 2.15 bits per heavy atom. The van der Waals surface area contributed by atoms with Crippen LogP contribution in [0, 0.1) is 6.92 Å². The number of aliphatic hydroxyl groups is 1. The van der Waals surface area contributed by atoms with Gasteiger partial charge in [0, 0.05) is 6.54 Å². The predicted octanol–water partition coefficient (Wildman–Crippen LogP) is 2.68. The number of nitrogens with zero attached hydrogens (tertiary/aromatic N) is 1. The van der Waals surface area contributed by atoms with Crippen LogP contribution in [-0.2, 0) is 4.79 Å². The van der Waals surface area contributed by atoms with Gasteiger partial charge in [-0.15, -0.1) is 0 Å². The molecule has 0 spiro atoms.